The second-order valence-electron chi connectivity index (χ2n) is 4.43. The van der Waals surface area contributed by atoms with Crippen molar-refractivity contribution >= 4 is 17.4 Å². The number of nitrogens with two attached hydrogens (primary N) is 1. The lowest BCUT2D eigenvalue weighted by molar-refractivity contribution is -0.114. The quantitative estimate of drug-likeness (QED) is 0.771. The van der Waals surface area contributed by atoms with Gasteiger partial charge in [0.2, 0.25) is 11.8 Å². The molecule has 0 saturated heterocycles. The lowest BCUT2D eigenvalue weighted by atomic mass is 9.96. The van der Waals surface area contributed by atoms with Gasteiger partial charge in [0.05, 0.1) is 0 Å². The van der Waals surface area contributed by atoms with E-state index >= 15 is 0 Å². The molecule has 0 unspecified atom stereocenters. The summed E-state index contributed by atoms with van der Waals surface area (Å²) in [6.45, 7) is 1.39. The fourth-order valence-electron chi connectivity index (χ4n) is 2.02. The third-order valence-electron chi connectivity index (χ3n) is 2.92. The number of hydrogen-bond acceptors (Lipinski definition) is 6. The highest BCUT2D eigenvalue weighted by molar-refractivity contribution is 5.89. The Balaban J connectivity index is 2.64. The van der Waals surface area contributed by atoms with Crippen molar-refractivity contribution in [3.63, 3.8) is 0 Å². The lowest BCUT2D eigenvalue weighted by Gasteiger charge is -2.11. The van der Waals surface area contributed by atoms with Crippen LogP contribution in [0.3, 0.4) is 0 Å². The van der Waals surface area contributed by atoms with Gasteiger partial charge in [-0.15, -0.1) is 0 Å². The minimum atomic E-state index is -0.528. The third kappa shape index (κ3) is 2.65. The van der Waals surface area contributed by atoms with Crippen LogP contribution in [0.4, 0.5) is 11.5 Å². The average Bonchev–Trinajstić information content (AvgIpc) is 2.47. The molecule has 1 aromatic heterocycles. The van der Waals surface area contributed by atoms with Gasteiger partial charge in [-0.05, 0) is 17.7 Å². The molecule has 22 heavy (non-hydrogen) atoms. The molecule has 1 heterocycles. The van der Waals surface area contributed by atoms with Crippen molar-refractivity contribution in [3.05, 3.63) is 35.4 Å². The Kier molecular flexibility index (Phi) is 3.92. The van der Waals surface area contributed by atoms with Crippen molar-refractivity contribution in [2.24, 2.45) is 0 Å². The number of carbonyl (C=O) groups is 1. The molecular formula is C15H11N5O2. The first kappa shape index (κ1) is 14.8. The molecule has 0 bridgehead atoms. The zero-order valence-electron chi connectivity index (χ0n) is 11.6. The molecular weight excluding hydrogens is 282 g/mol. The van der Waals surface area contributed by atoms with E-state index in [1.165, 1.54) is 6.92 Å². The number of anilines is 2. The molecule has 1 aromatic carbocycles. The van der Waals surface area contributed by atoms with E-state index in [0.29, 0.717) is 11.3 Å². The van der Waals surface area contributed by atoms with E-state index < -0.39 is 5.88 Å². The Morgan fingerprint density at radius 2 is 1.82 bits per heavy atom. The molecule has 1 amide bonds. The number of nitriles is 2. The lowest BCUT2D eigenvalue weighted by Crippen LogP contribution is -2.05. The second-order valence-corrected chi connectivity index (χ2v) is 4.43. The van der Waals surface area contributed by atoms with Crippen LogP contribution in [0.5, 0.6) is 5.88 Å². The van der Waals surface area contributed by atoms with Crippen LogP contribution in [0.2, 0.25) is 0 Å². The Morgan fingerprint density at radius 1 is 1.23 bits per heavy atom. The third-order valence-corrected chi connectivity index (χ3v) is 2.92. The van der Waals surface area contributed by atoms with Gasteiger partial charge in [0.1, 0.15) is 29.1 Å². The maximum atomic E-state index is 11.0. The van der Waals surface area contributed by atoms with Gasteiger partial charge in [-0.1, -0.05) is 12.1 Å². The van der Waals surface area contributed by atoms with Crippen LogP contribution >= 0.6 is 0 Å². The fraction of sp³-hybridized carbons (Fsp3) is 0.0667. The standard InChI is InChI=1S/C15H11N5O2/c1-8(21)19-10-4-2-9(3-5-10)13-11(6-16)14(18)20-15(22)12(13)7-17/h2-5H,1H3,(H,19,21)(H3,18,20,22). The number of aromatic hydroxyl groups is 1. The van der Waals surface area contributed by atoms with Crippen molar-refractivity contribution in [2.75, 3.05) is 11.1 Å². The molecule has 0 radical (unpaired) electrons. The van der Waals surface area contributed by atoms with Crippen LogP contribution in [-0.4, -0.2) is 16.0 Å². The molecule has 7 nitrogen and oxygen atoms in total. The van der Waals surface area contributed by atoms with Crippen molar-refractivity contribution in [1.82, 2.24) is 4.98 Å². The van der Waals surface area contributed by atoms with Gasteiger partial charge in [0, 0.05) is 18.2 Å². The summed E-state index contributed by atoms with van der Waals surface area (Å²) in [4.78, 5) is 14.6. The number of carbonyl (C=O) groups excluding carboxylic acids is 1. The highest BCUT2D eigenvalue weighted by Crippen LogP contribution is 2.34. The minimum Gasteiger partial charge on any atom is -0.492 e. The topological polar surface area (TPSA) is 136 Å². The fourth-order valence-corrected chi connectivity index (χ4v) is 2.02. The predicted molar refractivity (Wildman–Crippen MR) is 79.5 cm³/mol. The van der Waals surface area contributed by atoms with Gasteiger partial charge >= 0.3 is 0 Å². The molecule has 108 valence electrons. The zero-order chi connectivity index (χ0) is 16.3. The Labute approximate surface area is 126 Å². The summed E-state index contributed by atoms with van der Waals surface area (Å²) in [7, 11) is 0. The van der Waals surface area contributed by atoms with Gasteiger partial charge in [-0.25, -0.2) is 0 Å². The highest BCUT2D eigenvalue weighted by Gasteiger charge is 2.19. The maximum absolute atomic E-state index is 11.0. The molecule has 0 saturated carbocycles. The number of nitrogen functional groups attached to an aromatic ring is 1. The first-order valence-electron chi connectivity index (χ1n) is 6.18. The SMILES string of the molecule is CC(=O)Nc1ccc(-c2c(C#N)c(N)nc(O)c2C#N)cc1. The molecule has 0 fully saturated rings. The summed E-state index contributed by atoms with van der Waals surface area (Å²) in [5.41, 5.74) is 6.81. The summed E-state index contributed by atoms with van der Waals surface area (Å²) in [5, 5.41) is 30.8. The number of hydrogen-bond donors (Lipinski definition) is 3. The van der Waals surface area contributed by atoms with Crippen molar-refractivity contribution in [1.29, 1.82) is 10.5 Å². The molecule has 0 atom stereocenters. The molecule has 4 N–H and O–H groups in total. The van der Waals surface area contributed by atoms with Crippen LogP contribution < -0.4 is 11.1 Å². The summed E-state index contributed by atoms with van der Waals surface area (Å²) < 4.78 is 0. The van der Waals surface area contributed by atoms with Crippen molar-refractivity contribution in [3.8, 4) is 29.1 Å². The predicted octanol–water partition coefficient (Wildman–Crippen LogP) is 1.74. The smallest absolute Gasteiger partial charge is 0.231 e. The first-order valence-corrected chi connectivity index (χ1v) is 6.18. The van der Waals surface area contributed by atoms with Crippen LogP contribution in [0, 0.1) is 22.7 Å². The summed E-state index contributed by atoms with van der Waals surface area (Å²) in [6, 6.07) is 10.2. The summed E-state index contributed by atoms with van der Waals surface area (Å²) >= 11 is 0. The number of nitrogens with zero attached hydrogens (tertiary/aromatic N) is 3. The average molecular weight is 293 g/mol. The van der Waals surface area contributed by atoms with Gasteiger partial charge in [0.25, 0.3) is 0 Å². The maximum Gasteiger partial charge on any atom is 0.231 e. The largest absolute Gasteiger partial charge is 0.492 e. The van der Waals surface area contributed by atoms with Crippen molar-refractivity contribution < 1.29 is 9.90 Å². The number of aromatic nitrogens is 1. The van der Waals surface area contributed by atoms with Gasteiger partial charge in [0.15, 0.2) is 0 Å². The Morgan fingerprint density at radius 3 is 2.32 bits per heavy atom. The van der Waals surface area contributed by atoms with Crippen LogP contribution in [0.25, 0.3) is 11.1 Å². The van der Waals surface area contributed by atoms with Crippen molar-refractivity contribution in [2.45, 2.75) is 6.92 Å². The molecule has 0 aliphatic rings. The first-order chi connectivity index (χ1) is 10.5. The van der Waals surface area contributed by atoms with Crippen LogP contribution in [-0.2, 0) is 4.79 Å². The van der Waals surface area contributed by atoms with E-state index in [1.54, 1.807) is 24.3 Å². The molecule has 0 aliphatic heterocycles. The van der Waals surface area contributed by atoms with E-state index in [4.69, 9.17) is 5.73 Å². The number of pyridine rings is 1. The van der Waals surface area contributed by atoms with E-state index in [2.05, 4.69) is 10.3 Å². The molecule has 7 heteroatoms. The van der Waals surface area contributed by atoms with E-state index in [-0.39, 0.29) is 28.4 Å². The zero-order valence-corrected chi connectivity index (χ0v) is 11.6. The normalized spacial score (nSPS) is 9.59. The minimum absolute atomic E-state index is 0.0154. The number of amides is 1. The van der Waals surface area contributed by atoms with E-state index in [1.807, 2.05) is 12.1 Å². The molecule has 2 aromatic rings. The number of rotatable bonds is 2. The highest BCUT2D eigenvalue weighted by atomic mass is 16.3. The molecule has 2 rings (SSSR count). The Bertz CT molecular complexity index is 791. The summed E-state index contributed by atoms with van der Waals surface area (Å²) in [5.74, 6) is -0.895. The van der Waals surface area contributed by atoms with Crippen LogP contribution in [0.1, 0.15) is 18.1 Å². The van der Waals surface area contributed by atoms with E-state index in [0.717, 1.165) is 0 Å². The number of nitrogens with one attached hydrogen (secondary N) is 1. The number of benzene rings is 1. The second kappa shape index (κ2) is 5.81. The van der Waals surface area contributed by atoms with Crippen LogP contribution in [0.15, 0.2) is 24.3 Å². The molecule has 0 aliphatic carbocycles. The summed E-state index contributed by atoms with van der Waals surface area (Å²) in [6.07, 6.45) is 0. The van der Waals surface area contributed by atoms with Gasteiger partial charge < -0.3 is 16.2 Å². The monoisotopic (exact) mass is 293 g/mol. The van der Waals surface area contributed by atoms with Gasteiger partial charge in [-0.2, -0.15) is 15.5 Å². The van der Waals surface area contributed by atoms with E-state index in [9.17, 15) is 20.4 Å². The van der Waals surface area contributed by atoms with Gasteiger partial charge in [-0.3, -0.25) is 4.79 Å². The molecule has 0 spiro atoms. The Hall–Kier alpha value is -3.58.